The number of hydrogen-bond acceptors (Lipinski definition) is 0. The van der Waals surface area contributed by atoms with Gasteiger partial charge in [-0.3, -0.25) is 0 Å². The lowest BCUT2D eigenvalue weighted by atomic mass is 10.1. The maximum Gasteiger partial charge on any atom is 0.0630 e. The van der Waals surface area contributed by atoms with Crippen LogP contribution in [0, 0.1) is 6.20 Å². The number of rotatable bonds is 2. The summed E-state index contributed by atoms with van der Waals surface area (Å²) in [4.78, 5) is 3.06. The molecule has 0 saturated carbocycles. The summed E-state index contributed by atoms with van der Waals surface area (Å²) in [5.41, 5.74) is 2.43. The molecule has 0 unspecified atom stereocenters. The molecule has 0 bridgehead atoms. The first kappa shape index (κ1) is 7.17. The average Bonchev–Trinajstić information content (AvgIpc) is 2.51. The summed E-state index contributed by atoms with van der Waals surface area (Å²) in [6, 6.07) is 8.30. The van der Waals surface area contributed by atoms with Gasteiger partial charge in [-0.2, -0.15) is 0 Å². The van der Waals surface area contributed by atoms with Gasteiger partial charge in [0.2, 0.25) is 0 Å². The molecule has 1 aromatic carbocycles. The largest absolute Gasteiger partial charge is 0.353 e. The fraction of sp³-hybridized carbons (Fsp3) is 0.0909. The van der Waals surface area contributed by atoms with Crippen LogP contribution >= 0.6 is 0 Å². The maximum absolute atomic E-state index is 3.71. The highest BCUT2D eigenvalue weighted by atomic mass is 14.7. The third-order valence-electron chi connectivity index (χ3n) is 1.93. The molecule has 1 radical (unpaired) electrons. The molecule has 0 amide bonds. The van der Waals surface area contributed by atoms with E-state index in [1.165, 1.54) is 10.9 Å². The van der Waals surface area contributed by atoms with E-state index >= 15 is 0 Å². The number of benzene rings is 1. The smallest absolute Gasteiger partial charge is 0.0630 e. The Bertz CT molecular complexity index is 398. The van der Waals surface area contributed by atoms with Crippen molar-refractivity contribution in [1.82, 2.24) is 4.98 Å². The Morgan fingerprint density at radius 3 is 3.25 bits per heavy atom. The summed E-state index contributed by atoms with van der Waals surface area (Å²) in [6.07, 6.45) is 5.79. The van der Waals surface area contributed by atoms with Crippen molar-refractivity contribution in [3.63, 3.8) is 0 Å². The van der Waals surface area contributed by atoms with Gasteiger partial charge in [0, 0.05) is 10.9 Å². The van der Waals surface area contributed by atoms with Gasteiger partial charge in [-0.25, -0.2) is 0 Å². The van der Waals surface area contributed by atoms with Crippen LogP contribution in [0.3, 0.4) is 0 Å². The molecule has 0 fully saturated rings. The van der Waals surface area contributed by atoms with E-state index in [0.29, 0.717) is 0 Å². The number of hydrogen-bond donors (Lipinski definition) is 1. The third kappa shape index (κ3) is 1.14. The topological polar surface area (TPSA) is 15.8 Å². The van der Waals surface area contributed by atoms with Gasteiger partial charge >= 0.3 is 0 Å². The molecule has 2 rings (SSSR count). The minimum Gasteiger partial charge on any atom is -0.353 e. The fourth-order valence-corrected chi connectivity index (χ4v) is 1.32. The van der Waals surface area contributed by atoms with Gasteiger partial charge in [0.25, 0.3) is 0 Å². The molecule has 1 nitrogen and oxygen atoms in total. The quantitative estimate of drug-likeness (QED) is 0.643. The van der Waals surface area contributed by atoms with Gasteiger partial charge < -0.3 is 4.98 Å². The zero-order chi connectivity index (χ0) is 8.39. The zero-order valence-electron chi connectivity index (χ0n) is 6.80. The molecule has 0 saturated heterocycles. The molecule has 0 atom stereocenters. The number of nitrogens with one attached hydrogen (secondary N) is 1. The molecule has 0 spiro atoms. The van der Waals surface area contributed by atoms with E-state index in [1.807, 2.05) is 12.1 Å². The molecule has 1 heteroatoms. The van der Waals surface area contributed by atoms with Crippen LogP contribution in [0.1, 0.15) is 5.56 Å². The second kappa shape index (κ2) is 2.86. The molecule has 0 aliphatic carbocycles. The number of aromatic amines is 1. The monoisotopic (exact) mass is 156 g/mol. The highest BCUT2D eigenvalue weighted by Gasteiger charge is 1.94. The third-order valence-corrected chi connectivity index (χ3v) is 1.93. The molecular formula is C11H10N. The van der Waals surface area contributed by atoms with Crippen molar-refractivity contribution in [2.24, 2.45) is 0 Å². The van der Waals surface area contributed by atoms with Crippen LogP contribution in [0.15, 0.2) is 36.9 Å². The van der Waals surface area contributed by atoms with Crippen molar-refractivity contribution in [2.45, 2.75) is 6.42 Å². The first-order chi connectivity index (χ1) is 5.90. The summed E-state index contributed by atoms with van der Waals surface area (Å²) < 4.78 is 0. The van der Waals surface area contributed by atoms with Gasteiger partial charge in [-0.05, 0) is 24.1 Å². The van der Waals surface area contributed by atoms with Crippen molar-refractivity contribution < 1.29 is 0 Å². The first-order valence-corrected chi connectivity index (χ1v) is 3.99. The van der Waals surface area contributed by atoms with Crippen LogP contribution in [0.25, 0.3) is 10.9 Å². The van der Waals surface area contributed by atoms with Crippen LogP contribution < -0.4 is 0 Å². The maximum atomic E-state index is 3.71. The molecular weight excluding hydrogens is 146 g/mol. The van der Waals surface area contributed by atoms with E-state index in [9.17, 15) is 0 Å². The van der Waals surface area contributed by atoms with Crippen molar-refractivity contribution in [1.29, 1.82) is 0 Å². The molecule has 0 aliphatic heterocycles. The number of allylic oxidation sites excluding steroid dienone is 1. The zero-order valence-corrected chi connectivity index (χ0v) is 6.80. The number of H-pyrrole nitrogens is 1. The Morgan fingerprint density at radius 1 is 1.50 bits per heavy atom. The molecule has 1 N–H and O–H groups in total. The Labute approximate surface area is 71.7 Å². The summed E-state index contributed by atoms with van der Waals surface area (Å²) in [5.74, 6) is 0. The van der Waals surface area contributed by atoms with Crippen molar-refractivity contribution in [3.8, 4) is 0 Å². The van der Waals surface area contributed by atoms with E-state index in [2.05, 4.69) is 36.0 Å². The van der Waals surface area contributed by atoms with E-state index in [4.69, 9.17) is 0 Å². The Balaban J connectivity index is 2.52. The standard InChI is InChI=1S/C11H10N/c1-2-3-9-4-5-10-6-7-12-11(10)8-9/h2,4-6,8,12H,1,3H2. The molecule has 2 aromatic rings. The number of fused-ring (bicyclic) bond motifs is 1. The summed E-state index contributed by atoms with van der Waals surface area (Å²) >= 11 is 0. The number of aromatic nitrogens is 1. The lowest BCUT2D eigenvalue weighted by molar-refractivity contribution is 1.28. The Hall–Kier alpha value is -1.50. The van der Waals surface area contributed by atoms with E-state index in [0.717, 1.165) is 11.9 Å². The van der Waals surface area contributed by atoms with Crippen molar-refractivity contribution >= 4 is 10.9 Å². The molecule has 12 heavy (non-hydrogen) atoms. The van der Waals surface area contributed by atoms with Crippen LogP contribution in [0.2, 0.25) is 0 Å². The van der Waals surface area contributed by atoms with E-state index in [-0.39, 0.29) is 0 Å². The van der Waals surface area contributed by atoms with Gasteiger partial charge in [-0.15, -0.1) is 6.58 Å². The van der Waals surface area contributed by atoms with Crippen LogP contribution in [-0.4, -0.2) is 4.98 Å². The van der Waals surface area contributed by atoms with E-state index < -0.39 is 0 Å². The second-order valence-electron chi connectivity index (χ2n) is 2.83. The second-order valence-corrected chi connectivity index (χ2v) is 2.83. The van der Waals surface area contributed by atoms with Crippen molar-refractivity contribution in [2.75, 3.05) is 0 Å². The average molecular weight is 156 g/mol. The van der Waals surface area contributed by atoms with Crippen LogP contribution in [0.5, 0.6) is 0 Å². The fourth-order valence-electron chi connectivity index (χ4n) is 1.32. The first-order valence-electron chi connectivity index (χ1n) is 3.99. The van der Waals surface area contributed by atoms with E-state index in [1.54, 1.807) is 0 Å². The minimum atomic E-state index is 0.926. The highest BCUT2D eigenvalue weighted by molar-refractivity contribution is 5.79. The summed E-state index contributed by atoms with van der Waals surface area (Å²) in [7, 11) is 0. The lowest BCUT2D eigenvalue weighted by Gasteiger charge is -1.95. The van der Waals surface area contributed by atoms with Gasteiger partial charge in [0.05, 0.1) is 6.20 Å². The Kier molecular flexibility index (Phi) is 1.71. The summed E-state index contributed by atoms with van der Waals surface area (Å²) in [5, 5.41) is 1.21. The minimum absolute atomic E-state index is 0.926. The summed E-state index contributed by atoms with van der Waals surface area (Å²) in [6.45, 7) is 3.71. The predicted molar refractivity (Wildman–Crippen MR) is 51.0 cm³/mol. The van der Waals surface area contributed by atoms with Gasteiger partial charge in [0.1, 0.15) is 0 Å². The SMILES string of the molecule is C=CCc1ccc2c[c][nH]c2c1. The highest BCUT2D eigenvalue weighted by Crippen LogP contribution is 2.14. The van der Waals surface area contributed by atoms with Gasteiger partial charge in [0.15, 0.2) is 0 Å². The molecule has 1 aromatic heterocycles. The van der Waals surface area contributed by atoms with Crippen molar-refractivity contribution in [3.05, 3.63) is 48.7 Å². The molecule has 0 aliphatic rings. The predicted octanol–water partition coefficient (Wildman–Crippen LogP) is 2.70. The van der Waals surface area contributed by atoms with Crippen LogP contribution in [-0.2, 0) is 6.42 Å². The normalized spacial score (nSPS) is 10.3. The van der Waals surface area contributed by atoms with Gasteiger partial charge in [-0.1, -0.05) is 18.2 Å². The lowest BCUT2D eigenvalue weighted by Crippen LogP contribution is -1.79. The molecule has 1 heterocycles. The Morgan fingerprint density at radius 2 is 2.42 bits per heavy atom. The molecule has 59 valence electrons. The van der Waals surface area contributed by atoms with Crippen LogP contribution in [0.4, 0.5) is 0 Å².